The molecule has 0 aromatic rings. The highest BCUT2D eigenvalue weighted by atomic mass is 28.4. The van der Waals surface area contributed by atoms with E-state index in [4.69, 9.17) is 4.43 Å². The maximum absolute atomic E-state index is 5.96. The SMILES string of the molecule is CCCCCC/C=C\O[Si](C)(C)C(C)(C)C. The predicted octanol–water partition coefficient (Wildman–Crippen LogP) is 5.49. The largest absolute Gasteiger partial charge is 0.549 e. The number of hydrogen-bond donors (Lipinski definition) is 0. The fraction of sp³-hybridized carbons (Fsp3) is 0.857. The number of rotatable bonds is 7. The van der Waals surface area contributed by atoms with E-state index in [0.717, 1.165) is 6.42 Å². The van der Waals surface area contributed by atoms with Gasteiger partial charge >= 0.3 is 0 Å². The molecule has 0 bridgehead atoms. The van der Waals surface area contributed by atoms with E-state index in [0.29, 0.717) is 5.04 Å². The highest BCUT2D eigenvalue weighted by Crippen LogP contribution is 2.36. The quantitative estimate of drug-likeness (QED) is 0.326. The second-order valence-electron chi connectivity index (χ2n) is 6.10. The van der Waals surface area contributed by atoms with E-state index in [1.54, 1.807) is 0 Å². The van der Waals surface area contributed by atoms with E-state index in [9.17, 15) is 0 Å². The first-order valence-corrected chi connectivity index (χ1v) is 9.55. The summed E-state index contributed by atoms with van der Waals surface area (Å²) < 4.78 is 5.96. The fourth-order valence-corrected chi connectivity index (χ4v) is 1.94. The van der Waals surface area contributed by atoms with Gasteiger partial charge in [-0.25, -0.2) is 0 Å². The Morgan fingerprint density at radius 3 is 2.19 bits per heavy atom. The minimum Gasteiger partial charge on any atom is -0.549 e. The Balaban J connectivity index is 3.75. The van der Waals surface area contributed by atoms with Gasteiger partial charge in [0, 0.05) is 0 Å². The Morgan fingerprint density at radius 1 is 1.06 bits per heavy atom. The van der Waals surface area contributed by atoms with Crippen LogP contribution in [-0.2, 0) is 4.43 Å². The third-order valence-corrected chi connectivity index (χ3v) is 7.83. The highest BCUT2D eigenvalue weighted by Gasteiger charge is 2.37. The fourth-order valence-electron chi connectivity index (χ4n) is 1.15. The molecule has 0 amide bonds. The highest BCUT2D eigenvalue weighted by molar-refractivity contribution is 6.74. The van der Waals surface area contributed by atoms with Crippen molar-refractivity contribution in [3.8, 4) is 0 Å². The summed E-state index contributed by atoms with van der Waals surface area (Å²) in [4.78, 5) is 0. The average Bonchev–Trinajstić information content (AvgIpc) is 2.14. The van der Waals surface area contributed by atoms with Gasteiger partial charge in [0.05, 0.1) is 6.26 Å². The van der Waals surface area contributed by atoms with E-state index >= 15 is 0 Å². The van der Waals surface area contributed by atoms with Crippen LogP contribution in [0.3, 0.4) is 0 Å². The molecule has 0 aliphatic heterocycles. The lowest BCUT2D eigenvalue weighted by Crippen LogP contribution is -2.39. The van der Waals surface area contributed by atoms with Crippen molar-refractivity contribution in [1.82, 2.24) is 0 Å². The van der Waals surface area contributed by atoms with E-state index in [1.165, 1.54) is 25.7 Å². The van der Waals surface area contributed by atoms with Gasteiger partial charge in [0.15, 0.2) is 0 Å². The molecule has 0 saturated heterocycles. The van der Waals surface area contributed by atoms with Crippen molar-refractivity contribution in [3.63, 3.8) is 0 Å². The van der Waals surface area contributed by atoms with E-state index in [2.05, 4.69) is 46.9 Å². The Labute approximate surface area is 103 Å². The van der Waals surface area contributed by atoms with Crippen molar-refractivity contribution in [2.75, 3.05) is 0 Å². The van der Waals surface area contributed by atoms with Gasteiger partial charge in [0.25, 0.3) is 0 Å². The molecular formula is C14H30OSi. The topological polar surface area (TPSA) is 9.23 Å². The van der Waals surface area contributed by atoms with Crippen molar-refractivity contribution in [2.24, 2.45) is 0 Å². The molecule has 0 N–H and O–H groups in total. The average molecular weight is 242 g/mol. The van der Waals surface area contributed by atoms with Gasteiger partial charge in [-0.1, -0.05) is 53.0 Å². The second-order valence-corrected chi connectivity index (χ2v) is 10.9. The summed E-state index contributed by atoms with van der Waals surface area (Å²) in [6.45, 7) is 13.6. The Hall–Kier alpha value is -0.243. The number of unbranched alkanes of at least 4 members (excludes halogenated alkanes) is 4. The van der Waals surface area contributed by atoms with Crippen LogP contribution in [0.4, 0.5) is 0 Å². The molecule has 0 radical (unpaired) electrons. The summed E-state index contributed by atoms with van der Waals surface area (Å²) in [5.74, 6) is 0. The van der Waals surface area contributed by atoms with Crippen molar-refractivity contribution >= 4 is 8.32 Å². The Morgan fingerprint density at radius 2 is 1.69 bits per heavy atom. The molecule has 0 aromatic heterocycles. The van der Waals surface area contributed by atoms with Gasteiger partial charge < -0.3 is 4.43 Å². The summed E-state index contributed by atoms with van der Waals surface area (Å²) in [6, 6.07) is 0. The minimum absolute atomic E-state index is 0.305. The molecule has 16 heavy (non-hydrogen) atoms. The monoisotopic (exact) mass is 242 g/mol. The van der Waals surface area contributed by atoms with Crippen LogP contribution in [-0.4, -0.2) is 8.32 Å². The van der Waals surface area contributed by atoms with Gasteiger partial charge in [-0.15, -0.1) is 0 Å². The van der Waals surface area contributed by atoms with Gasteiger partial charge in [-0.05, 0) is 31.0 Å². The lowest BCUT2D eigenvalue weighted by Gasteiger charge is -2.34. The van der Waals surface area contributed by atoms with Crippen LogP contribution in [0.25, 0.3) is 0 Å². The summed E-state index contributed by atoms with van der Waals surface area (Å²) in [5, 5.41) is 0.305. The molecule has 0 unspecified atom stereocenters. The number of hydrogen-bond acceptors (Lipinski definition) is 1. The van der Waals surface area contributed by atoms with Crippen molar-refractivity contribution in [2.45, 2.75) is 77.9 Å². The molecule has 96 valence electrons. The maximum atomic E-state index is 5.96. The van der Waals surface area contributed by atoms with Crippen molar-refractivity contribution < 1.29 is 4.43 Å². The molecule has 0 rings (SSSR count). The molecule has 0 aliphatic rings. The van der Waals surface area contributed by atoms with Gasteiger partial charge in [-0.2, -0.15) is 0 Å². The lowest BCUT2D eigenvalue weighted by molar-refractivity contribution is 0.428. The van der Waals surface area contributed by atoms with Crippen LogP contribution in [0.1, 0.15) is 59.8 Å². The smallest absolute Gasteiger partial charge is 0.249 e. The Bertz CT molecular complexity index is 201. The zero-order chi connectivity index (χ0) is 12.7. The molecule has 1 nitrogen and oxygen atoms in total. The zero-order valence-corrected chi connectivity index (χ0v) is 13.1. The first-order valence-electron chi connectivity index (χ1n) is 6.64. The van der Waals surface area contributed by atoms with E-state index in [-0.39, 0.29) is 0 Å². The summed E-state index contributed by atoms with van der Waals surface area (Å²) in [5.41, 5.74) is 0. The van der Waals surface area contributed by atoms with Crippen LogP contribution in [0, 0.1) is 0 Å². The molecule has 2 heteroatoms. The second kappa shape index (κ2) is 7.15. The standard InChI is InChI=1S/C14H30OSi/c1-7-8-9-10-11-12-13-15-16(5,6)14(2,3)4/h12-13H,7-11H2,1-6H3/b13-12-. The number of allylic oxidation sites excluding steroid dienone is 1. The minimum atomic E-state index is -1.57. The summed E-state index contributed by atoms with van der Waals surface area (Å²) in [7, 11) is -1.57. The molecule has 0 saturated carbocycles. The van der Waals surface area contributed by atoms with Gasteiger partial charge in [0.1, 0.15) is 0 Å². The van der Waals surface area contributed by atoms with Crippen molar-refractivity contribution in [3.05, 3.63) is 12.3 Å². The molecule has 0 atom stereocenters. The Kier molecular flexibility index (Phi) is 7.05. The van der Waals surface area contributed by atoms with Gasteiger partial charge in [-0.3, -0.25) is 0 Å². The normalized spacial score (nSPS) is 13.4. The molecular weight excluding hydrogens is 212 g/mol. The first-order chi connectivity index (χ1) is 7.31. The predicted molar refractivity (Wildman–Crippen MR) is 76.2 cm³/mol. The molecule has 0 heterocycles. The third kappa shape index (κ3) is 6.36. The van der Waals surface area contributed by atoms with Crippen LogP contribution < -0.4 is 0 Å². The molecule has 0 fully saturated rings. The lowest BCUT2D eigenvalue weighted by atomic mass is 10.2. The van der Waals surface area contributed by atoms with E-state index in [1.807, 2.05) is 6.26 Å². The van der Waals surface area contributed by atoms with Crippen LogP contribution in [0.5, 0.6) is 0 Å². The van der Waals surface area contributed by atoms with Crippen LogP contribution in [0.15, 0.2) is 12.3 Å². The van der Waals surface area contributed by atoms with E-state index < -0.39 is 8.32 Å². The van der Waals surface area contributed by atoms with Crippen LogP contribution in [0.2, 0.25) is 18.1 Å². The summed E-state index contributed by atoms with van der Waals surface area (Å²) >= 11 is 0. The molecule has 0 spiro atoms. The summed E-state index contributed by atoms with van der Waals surface area (Å²) in [6.07, 6.45) is 10.6. The van der Waals surface area contributed by atoms with Crippen molar-refractivity contribution in [1.29, 1.82) is 0 Å². The molecule has 0 aliphatic carbocycles. The van der Waals surface area contributed by atoms with Crippen LogP contribution >= 0.6 is 0 Å². The molecule has 0 aromatic carbocycles. The third-order valence-electron chi connectivity index (χ3n) is 3.49. The van der Waals surface area contributed by atoms with Gasteiger partial charge in [0.2, 0.25) is 8.32 Å². The zero-order valence-electron chi connectivity index (χ0n) is 12.1. The first kappa shape index (κ1) is 15.8. The maximum Gasteiger partial charge on any atom is 0.249 e.